The number of rotatable bonds is 5. The van der Waals surface area contributed by atoms with Crippen LogP contribution >= 0.6 is 11.3 Å². The van der Waals surface area contributed by atoms with Gasteiger partial charge in [0.05, 0.1) is 12.3 Å². The molecule has 1 heterocycles. The van der Waals surface area contributed by atoms with Gasteiger partial charge in [-0.15, -0.1) is 11.3 Å². The van der Waals surface area contributed by atoms with Gasteiger partial charge in [0.25, 0.3) is 0 Å². The molecule has 0 radical (unpaired) electrons. The van der Waals surface area contributed by atoms with Gasteiger partial charge in [-0.3, -0.25) is 4.79 Å². The lowest BCUT2D eigenvalue weighted by atomic mass is 10.1. The average Bonchev–Trinajstić information content (AvgIpc) is 3.05. The van der Waals surface area contributed by atoms with Crippen LogP contribution in [0.4, 0.5) is 0 Å². The van der Waals surface area contributed by atoms with Gasteiger partial charge in [-0.1, -0.05) is 6.92 Å². The number of nitrogens with zero attached hydrogens (tertiary/aromatic N) is 1. The molecule has 0 saturated carbocycles. The van der Waals surface area contributed by atoms with Gasteiger partial charge in [-0.2, -0.15) is 0 Å². The van der Waals surface area contributed by atoms with Crippen molar-refractivity contribution in [2.45, 2.75) is 32.1 Å². The minimum Gasteiger partial charge on any atom is -0.494 e. The average molecular weight is 303 g/mol. The smallest absolute Gasteiger partial charge is 0.312 e. The second-order valence-corrected chi connectivity index (χ2v) is 6.21. The first-order valence-corrected chi connectivity index (χ1v) is 7.96. The van der Waals surface area contributed by atoms with Crippen molar-refractivity contribution in [2.24, 2.45) is 0 Å². The van der Waals surface area contributed by atoms with Crippen LogP contribution in [0.5, 0.6) is 5.75 Å². The quantitative estimate of drug-likeness (QED) is 0.914. The zero-order valence-corrected chi connectivity index (χ0v) is 12.7. The molecule has 1 unspecified atom stereocenters. The summed E-state index contributed by atoms with van der Waals surface area (Å²) < 4.78 is 5.56. The van der Waals surface area contributed by atoms with Crippen LogP contribution in [-0.2, 0) is 11.2 Å². The maximum absolute atomic E-state index is 11.2. The van der Waals surface area contributed by atoms with E-state index in [1.807, 2.05) is 24.3 Å². The number of carboxylic acid groups (broad SMARTS) is 1. The normalized spacial score (nSPS) is 16.7. The zero-order valence-electron chi connectivity index (χ0n) is 11.8. The summed E-state index contributed by atoms with van der Waals surface area (Å²) in [5, 5.41) is 10.1. The number of benzene rings is 1. The lowest BCUT2D eigenvalue weighted by Gasteiger charge is -2.05. The summed E-state index contributed by atoms with van der Waals surface area (Å²) in [6.45, 7) is 2.79. The van der Waals surface area contributed by atoms with E-state index in [1.165, 1.54) is 0 Å². The largest absolute Gasteiger partial charge is 0.494 e. The Kier molecular flexibility index (Phi) is 3.92. The van der Waals surface area contributed by atoms with Gasteiger partial charge in [-0.05, 0) is 43.5 Å². The zero-order chi connectivity index (χ0) is 14.8. The van der Waals surface area contributed by atoms with Crippen LogP contribution in [-0.4, -0.2) is 22.7 Å². The molecule has 1 atom stereocenters. The Morgan fingerprint density at radius 2 is 2.19 bits per heavy atom. The third kappa shape index (κ3) is 2.78. The summed E-state index contributed by atoms with van der Waals surface area (Å²) in [7, 11) is 0. The molecule has 21 heavy (non-hydrogen) atoms. The highest BCUT2D eigenvalue weighted by Crippen LogP contribution is 2.39. The van der Waals surface area contributed by atoms with Crippen molar-refractivity contribution >= 4 is 17.3 Å². The molecule has 0 amide bonds. The third-order valence-electron chi connectivity index (χ3n) is 3.59. The lowest BCUT2D eigenvalue weighted by Crippen LogP contribution is -2.08. The van der Waals surface area contributed by atoms with Crippen molar-refractivity contribution in [3.63, 3.8) is 0 Å². The summed E-state index contributed by atoms with van der Waals surface area (Å²) >= 11 is 1.60. The van der Waals surface area contributed by atoms with E-state index in [1.54, 1.807) is 11.3 Å². The first kappa shape index (κ1) is 14.1. The monoisotopic (exact) mass is 303 g/mol. The van der Waals surface area contributed by atoms with Gasteiger partial charge < -0.3 is 9.84 Å². The molecular weight excluding hydrogens is 286 g/mol. The Morgan fingerprint density at radius 1 is 1.43 bits per heavy atom. The highest BCUT2D eigenvalue weighted by Gasteiger charge is 2.32. The van der Waals surface area contributed by atoms with Crippen LogP contribution in [0.3, 0.4) is 0 Å². The van der Waals surface area contributed by atoms with E-state index in [9.17, 15) is 9.90 Å². The Balaban J connectivity index is 1.82. The number of thiazole rings is 1. The fourth-order valence-electron chi connectivity index (χ4n) is 2.50. The SMILES string of the molecule is CCCOc1ccc(-c2nc3c(s2)CCC3C(=O)O)cc1. The van der Waals surface area contributed by atoms with Crippen molar-refractivity contribution < 1.29 is 14.6 Å². The van der Waals surface area contributed by atoms with Gasteiger partial charge in [0.1, 0.15) is 16.7 Å². The van der Waals surface area contributed by atoms with E-state index in [-0.39, 0.29) is 0 Å². The van der Waals surface area contributed by atoms with Crippen molar-refractivity contribution in [2.75, 3.05) is 6.61 Å². The Hall–Kier alpha value is -1.88. The molecule has 1 aromatic heterocycles. The third-order valence-corrected chi connectivity index (χ3v) is 4.77. The van der Waals surface area contributed by atoms with Crippen LogP contribution in [0.1, 0.15) is 36.3 Å². The predicted octanol–water partition coefficient (Wildman–Crippen LogP) is 3.71. The fourth-order valence-corrected chi connectivity index (χ4v) is 3.65. The number of carboxylic acids is 1. The van der Waals surface area contributed by atoms with Crippen LogP contribution in [0.15, 0.2) is 24.3 Å². The summed E-state index contributed by atoms with van der Waals surface area (Å²) in [6, 6.07) is 7.84. The summed E-state index contributed by atoms with van der Waals surface area (Å²) in [5.41, 5.74) is 1.77. The molecule has 0 spiro atoms. The van der Waals surface area contributed by atoms with Crippen LogP contribution in [0.2, 0.25) is 0 Å². The molecular formula is C16H17NO3S. The Bertz CT molecular complexity index is 648. The molecule has 0 aliphatic heterocycles. The number of carbonyl (C=O) groups is 1. The number of hydrogen-bond acceptors (Lipinski definition) is 4. The number of fused-ring (bicyclic) bond motifs is 1. The predicted molar refractivity (Wildman–Crippen MR) is 82.0 cm³/mol. The van der Waals surface area contributed by atoms with Gasteiger partial charge in [-0.25, -0.2) is 4.98 Å². The first-order valence-electron chi connectivity index (χ1n) is 7.14. The minimum absolute atomic E-state index is 0.433. The van der Waals surface area contributed by atoms with Crippen molar-refractivity contribution in [1.29, 1.82) is 0 Å². The minimum atomic E-state index is -0.770. The van der Waals surface area contributed by atoms with Crippen molar-refractivity contribution in [3.8, 4) is 16.3 Å². The molecule has 1 aromatic carbocycles. The topological polar surface area (TPSA) is 59.4 Å². The molecule has 1 N–H and O–H groups in total. The second-order valence-electron chi connectivity index (χ2n) is 5.13. The highest BCUT2D eigenvalue weighted by atomic mass is 32.1. The van der Waals surface area contributed by atoms with Crippen molar-refractivity contribution in [3.05, 3.63) is 34.8 Å². The number of aryl methyl sites for hydroxylation is 1. The van der Waals surface area contributed by atoms with Gasteiger partial charge in [0.2, 0.25) is 0 Å². The molecule has 4 nitrogen and oxygen atoms in total. The first-order chi connectivity index (χ1) is 10.2. The maximum Gasteiger partial charge on any atom is 0.312 e. The van der Waals surface area contributed by atoms with Crippen LogP contribution in [0.25, 0.3) is 10.6 Å². The van der Waals surface area contributed by atoms with Crippen LogP contribution in [0, 0.1) is 0 Å². The van der Waals surface area contributed by atoms with Crippen molar-refractivity contribution in [1.82, 2.24) is 4.98 Å². The fraction of sp³-hybridized carbons (Fsp3) is 0.375. The maximum atomic E-state index is 11.2. The molecule has 0 saturated heterocycles. The number of ether oxygens (including phenoxy) is 1. The number of aliphatic carboxylic acids is 1. The molecule has 0 bridgehead atoms. The van der Waals surface area contributed by atoms with E-state index in [4.69, 9.17) is 4.74 Å². The molecule has 2 aromatic rings. The standard InChI is InChI=1S/C16H17NO3S/c1-2-9-20-11-5-3-10(4-6-11)15-17-14-12(16(18)19)7-8-13(14)21-15/h3-6,12H,2,7-9H2,1H3,(H,18,19). The molecule has 0 fully saturated rings. The van der Waals surface area contributed by atoms with Crippen LogP contribution < -0.4 is 4.74 Å². The van der Waals surface area contributed by atoms with Gasteiger partial charge in [0, 0.05) is 10.4 Å². The molecule has 1 aliphatic rings. The molecule has 1 aliphatic carbocycles. The van der Waals surface area contributed by atoms with E-state index in [2.05, 4.69) is 11.9 Å². The highest BCUT2D eigenvalue weighted by molar-refractivity contribution is 7.15. The molecule has 3 rings (SSSR count). The summed E-state index contributed by atoms with van der Waals surface area (Å²) in [6.07, 6.45) is 2.48. The second kappa shape index (κ2) is 5.85. The van der Waals surface area contributed by atoms with E-state index >= 15 is 0 Å². The molecule has 110 valence electrons. The lowest BCUT2D eigenvalue weighted by molar-refractivity contribution is -0.138. The van der Waals surface area contributed by atoms with E-state index in [0.717, 1.165) is 39.7 Å². The Morgan fingerprint density at radius 3 is 2.86 bits per heavy atom. The van der Waals surface area contributed by atoms with E-state index in [0.29, 0.717) is 13.0 Å². The van der Waals surface area contributed by atoms with Gasteiger partial charge >= 0.3 is 5.97 Å². The summed E-state index contributed by atoms with van der Waals surface area (Å²) in [4.78, 5) is 16.9. The Labute approximate surface area is 127 Å². The number of hydrogen-bond donors (Lipinski definition) is 1. The number of aromatic nitrogens is 1. The molecule has 5 heteroatoms. The van der Waals surface area contributed by atoms with Gasteiger partial charge in [0.15, 0.2) is 0 Å². The summed E-state index contributed by atoms with van der Waals surface area (Å²) in [5.74, 6) is -0.348. The van der Waals surface area contributed by atoms with E-state index < -0.39 is 11.9 Å².